The smallest absolute Gasteiger partial charge is 0.234 e. The molecule has 0 bridgehead atoms. The van der Waals surface area contributed by atoms with Gasteiger partial charge >= 0.3 is 0 Å². The van der Waals surface area contributed by atoms with Crippen molar-refractivity contribution in [2.24, 2.45) is 0 Å². The third-order valence-electron chi connectivity index (χ3n) is 3.49. The minimum atomic E-state index is -0.332. The molecule has 136 valence electrons. The first-order valence-electron chi connectivity index (χ1n) is 7.57. The van der Waals surface area contributed by atoms with Gasteiger partial charge in [0.05, 0.1) is 22.0 Å². The van der Waals surface area contributed by atoms with E-state index in [2.05, 4.69) is 15.5 Å². The number of rotatable bonds is 5. The standard InChI is InChI=1S/C17H12Cl2N6OS/c18-11-6-5-10(8-20)14(7-11)22-15(26)9-27-17-24-23-16(25(17)21)12-3-1-2-4-13(12)19/h1-7H,9,21H2,(H,22,26). The molecule has 1 aromatic heterocycles. The number of aromatic nitrogens is 3. The molecule has 0 unspecified atom stereocenters. The predicted octanol–water partition coefficient (Wildman–Crippen LogP) is 3.57. The van der Waals surface area contributed by atoms with Crippen LogP contribution in [0.3, 0.4) is 0 Å². The number of carbonyl (C=O) groups is 1. The van der Waals surface area contributed by atoms with E-state index in [1.807, 2.05) is 12.1 Å². The van der Waals surface area contributed by atoms with Crippen molar-refractivity contribution < 1.29 is 4.79 Å². The number of carbonyl (C=O) groups excluding carboxylic acids is 1. The second-order valence-corrected chi connectivity index (χ2v) is 7.08. The number of nitrogens with one attached hydrogen (secondary N) is 1. The van der Waals surface area contributed by atoms with Crippen molar-refractivity contribution in [2.45, 2.75) is 5.16 Å². The van der Waals surface area contributed by atoms with Crippen LogP contribution in [-0.2, 0) is 4.79 Å². The molecule has 3 rings (SSSR count). The lowest BCUT2D eigenvalue weighted by atomic mass is 10.2. The Morgan fingerprint density at radius 3 is 2.78 bits per heavy atom. The number of anilines is 1. The van der Waals surface area contributed by atoms with Crippen LogP contribution in [0.1, 0.15) is 5.56 Å². The molecular formula is C17H12Cl2N6OS. The molecule has 0 spiro atoms. The summed E-state index contributed by atoms with van der Waals surface area (Å²) in [5.41, 5.74) is 1.31. The van der Waals surface area contributed by atoms with Gasteiger partial charge in [0, 0.05) is 10.6 Å². The highest BCUT2D eigenvalue weighted by atomic mass is 35.5. The van der Waals surface area contributed by atoms with Crippen molar-refractivity contribution in [3.63, 3.8) is 0 Å². The third-order valence-corrected chi connectivity index (χ3v) is 5.00. The Morgan fingerprint density at radius 1 is 1.26 bits per heavy atom. The number of nitrogen functional groups attached to an aromatic ring is 1. The lowest BCUT2D eigenvalue weighted by Crippen LogP contribution is -2.17. The van der Waals surface area contributed by atoms with Crippen LogP contribution in [0.15, 0.2) is 47.6 Å². The molecule has 1 heterocycles. The topological polar surface area (TPSA) is 110 Å². The van der Waals surface area contributed by atoms with E-state index < -0.39 is 0 Å². The molecule has 3 N–H and O–H groups in total. The van der Waals surface area contributed by atoms with Gasteiger partial charge < -0.3 is 11.2 Å². The summed E-state index contributed by atoms with van der Waals surface area (Å²) >= 11 is 13.2. The van der Waals surface area contributed by atoms with Gasteiger partial charge in [0.15, 0.2) is 5.82 Å². The summed E-state index contributed by atoms with van der Waals surface area (Å²) in [6.45, 7) is 0. The Bertz CT molecular complexity index is 1050. The minimum Gasteiger partial charge on any atom is -0.335 e. The van der Waals surface area contributed by atoms with E-state index in [-0.39, 0.29) is 11.7 Å². The second-order valence-electron chi connectivity index (χ2n) is 5.29. The van der Waals surface area contributed by atoms with Crippen molar-refractivity contribution in [1.82, 2.24) is 14.9 Å². The first-order valence-corrected chi connectivity index (χ1v) is 9.31. The van der Waals surface area contributed by atoms with Gasteiger partial charge in [0.2, 0.25) is 11.1 Å². The lowest BCUT2D eigenvalue weighted by Gasteiger charge is -2.07. The molecule has 0 aliphatic rings. The zero-order valence-electron chi connectivity index (χ0n) is 13.7. The zero-order chi connectivity index (χ0) is 19.4. The number of amides is 1. The summed E-state index contributed by atoms with van der Waals surface area (Å²) in [4.78, 5) is 12.2. The number of thioether (sulfide) groups is 1. The van der Waals surface area contributed by atoms with Gasteiger partial charge in [0.1, 0.15) is 6.07 Å². The Balaban J connectivity index is 1.69. The Morgan fingerprint density at radius 2 is 2.04 bits per heavy atom. The zero-order valence-corrected chi connectivity index (χ0v) is 16.0. The minimum absolute atomic E-state index is 0.0231. The van der Waals surface area contributed by atoms with Crippen LogP contribution in [0.25, 0.3) is 11.4 Å². The van der Waals surface area contributed by atoms with Crippen LogP contribution in [0.2, 0.25) is 10.0 Å². The molecule has 1 amide bonds. The van der Waals surface area contributed by atoms with Gasteiger partial charge in [-0.25, -0.2) is 4.68 Å². The van der Waals surface area contributed by atoms with Crippen molar-refractivity contribution in [1.29, 1.82) is 5.26 Å². The predicted molar refractivity (Wildman–Crippen MR) is 106 cm³/mol. The molecule has 0 atom stereocenters. The van der Waals surface area contributed by atoms with Crippen molar-refractivity contribution >= 4 is 46.6 Å². The van der Waals surface area contributed by atoms with Crippen LogP contribution in [0, 0.1) is 11.3 Å². The summed E-state index contributed by atoms with van der Waals surface area (Å²) in [7, 11) is 0. The fourth-order valence-electron chi connectivity index (χ4n) is 2.24. The van der Waals surface area contributed by atoms with E-state index in [0.29, 0.717) is 37.8 Å². The van der Waals surface area contributed by atoms with Crippen LogP contribution in [0.4, 0.5) is 5.69 Å². The molecule has 2 aromatic carbocycles. The highest BCUT2D eigenvalue weighted by molar-refractivity contribution is 7.99. The van der Waals surface area contributed by atoms with Gasteiger partial charge in [-0.15, -0.1) is 10.2 Å². The highest BCUT2D eigenvalue weighted by Gasteiger charge is 2.16. The van der Waals surface area contributed by atoms with Gasteiger partial charge in [-0.1, -0.05) is 47.1 Å². The fraction of sp³-hybridized carbons (Fsp3) is 0.0588. The first kappa shape index (κ1) is 19.0. The molecule has 27 heavy (non-hydrogen) atoms. The van der Waals surface area contributed by atoms with E-state index in [0.717, 1.165) is 11.8 Å². The second kappa shape index (κ2) is 8.31. The van der Waals surface area contributed by atoms with Crippen molar-refractivity contribution in [3.8, 4) is 17.5 Å². The molecule has 3 aromatic rings. The highest BCUT2D eigenvalue weighted by Crippen LogP contribution is 2.27. The van der Waals surface area contributed by atoms with Gasteiger partial charge in [-0.2, -0.15) is 5.26 Å². The van der Waals surface area contributed by atoms with Gasteiger partial charge in [-0.3, -0.25) is 4.79 Å². The maximum atomic E-state index is 12.2. The van der Waals surface area contributed by atoms with Gasteiger partial charge in [0.25, 0.3) is 0 Å². The monoisotopic (exact) mass is 418 g/mol. The lowest BCUT2D eigenvalue weighted by molar-refractivity contribution is -0.113. The Labute approximate surface area is 169 Å². The van der Waals surface area contributed by atoms with E-state index in [1.54, 1.807) is 24.3 Å². The Kier molecular flexibility index (Phi) is 5.86. The number of nitrogens with two attached hydrogens (primary N) is 1. The van der Waals surface area contributed by atoms with Crippen LogP contribution >= 0.6 is 35.0 Å². The molecule has 0 saturated heterocycles. The maximum Gasteiger partial charge on any atom is 0.234 e. The first-order chi connectivity index (χ1) is 13.0. The van der Waals surface area contributed by atoms with E-state index in [9.17, 15) is 4.79 Å². The average Bonchev–Trinajstić information content (AvgIpc) is 3.01. The number of nitriles is 1. The van der Waals surface area contributed by atoms with E-state index >= 15 is 0 Å². The summed E-state index contributed by atoms with van der Waals surface area (Å²) in [5, 5.41) is 21.1. The number of nitrogens with zero attached hydrogens (tertiary/aromatic N) is 4. The summed E-state index contributed by atoms with van der Waals surface area (Å²) in [5.74, 6) is 6.11. The summed E-state index contributed by atoms with van der Waals surface area (Å²) in [6, 6.07) is 13.8. The molecule has 0 aliphatic carbocycles. The molecule has 7 nitrogen and oxygen atoms in total. The number of halogens is 2. The summed E-state index contributed by atoms with van der Waals surface area (Å²) < 4.78 is 1.28. The van der Waals surface area contributed by atoms with Crippen molar-refractivity contribution in [2.75, 3.05) is 16.9 Å². The fourth-order valence-corrected chi connectivity index (χ4v) is 3.28. The van der Waals surface area contributed by atoms with Gasteiger partial charge in [-0.05, 0) is 30.3 Å². The van der Waals surface area contributed by atoms with E-state index in [1.165, 1.54) is 16.8 Å². The number of hydrogen-bond acceptors (Lipinski definition) is 6. The maximum absolute atomic E-state index is 12.2. The largest absolute Gasteiger partial charge is 0.335 e. The quantitative estimate of drug-likeness (QED) is 0.483. The molecular weight excluding hydrogens is 407 g/mol. The van der Waals surface area contributed by atoms with E-state index in [4.69, 9.17) is 34.3 Å². The normalized spacial score (nSPS) is 10.4. The Hall–Kier alpha value is -2.73. The van der Waals surface area contributed by atoms with Crippen LogP contribution in [-0.4, -0.2) is 26.5 Å². The molecule has 0 radical (unpaired) electrons. The molecule has 0 aliphatic heterocycles. The molecule has 10 heteroatoms. The summed E-state index contributed by atoms with van der Waals surface area (Å²) in [6.07, 6.45) is 0. The average molecular weight is 419 g/mol. The number of benzene rings is 2. The molecule has 0 fully saturated rings. The SMILES string of the molecule is N#Cc1ccc(Cl)cc1NC(=O)CSc1nnc(-c2ccccc2Cl)n1N. The third kappa shape index (κ3) is 4.34. The number of hydrogen-bond donors (Lipinski definition) is 2. The molecule has 0 saturated carbocycles. The van der Waals surface area contributed by atoms with Crippen molar-refractivity contribution in [3.05, 3.63) is 58.1 Å². The van der Waals surface area contributed by atoms with Crippen LogP contribution in [0.5, 0.6) is 0 Å². The van der Waals surface area contributed by atoms with Crippen LogP contribution < -0.4 is 11.2 Å².